The normalized spacial score (nSPS) is 11.7. The molecule has 1 heterocycles. The summed E-state index contributed by atoms with van der Waals surface area (Å²) in [6, 6.07) is 0. The molecule has 21 heavy (non-hydrogen) atoms. The number of rotatable bonds is 8. The van der Waals surface area contributed by atoms with Gasteiger partial charge in [-0.2, -0.15) is 0 Å². The van der Waals surface area contributed by atoms with Crippen molar-refractivity contribution in [3.63, 3.8) is 0 Å². The van der Waals surface area contributed by atoms with Crippen LogP contribution in [0.25, 0.3) is 0 Å². The lowest BCUT2D eigenvalue weighted by Crippen LogP contribution is -2.34. The van der Waals surface area contributed by atoms with Crippen molar-refractivity contribution in [2.45, 2.75) is 34.1 Å². The van der Waals surface area contributed by atoms with Crippen LogP contribution in [0, 0.1) is 11.3 Å². The number of hydrogen-bond donors (Lipinski definition) is 4. The Morgan fingerprint density at radius 3 is 2.71 bits per heavy atom. The van der Waals surface area contributed by atoms with Gasteiger partial charge in [0.2, 0.25) is 0 Å². The molecule has 1 aromatic heterocycles. The summed E-state index contributed by atoms with van der Waals surface area (Å²) < 4.78 is 0. The summed E-state index contributed by atoms with van der Waals surface area (Å²) in [6.07, 6.45) is 0.632. The minimum atomic E-state index is -0.214. The van der Waals surface area contributed by atoms with Crippen molar-refractivity contribution >= 4 is 28.2 Å². The Morgan fingerprint density at radius 1 is 1.48 bits per heavy atom. The van der Waals surface area contributed by atoms with Crippen LogP contribution in [0.3, 0.4) is 0 Å². The Bertz CT molecular complexity index is 472. The van der Waals surface area contributed by atoms with E-state index in [-0.39, 0.29) is 23.7 Å². The standard InChI is InChI=1S/C14H26N4O2S/c1-9(2)7-16-13-18-11(15)10(21-13)12(20)17-8-14(3,4)5-6-19/h9,19H,5-8,15H2,1-4H3,(H,16,18)(H,17,20). The van der Waals surface area contributed by atoms with Gasteiger partial charge in [0.1, 0.15) is 10.7 Å². The number of carbonyl (C=O) groups excluding carboxylic acids is 1. The van der Waals surface area contributed by atoms with Gasteiger partial charge in [-0.1, -0.05) is 39.0 Å². The van der Waals surface area contributed by atoms with Gasteiger partial charge in [0, 0.05) is 19.7 Å². The highest BCUT2D eigenvalue weighted by molar-refractivity contribution is 7.18. The molecule has 0 aromatic carbocycles. The number of aromatic nitrogens is 1. The molecule has 0 saturated carbocycles. The lowest BCUT2D eigenvalue weighted by Gasteiger charge is -2.23. The summed E-state index contributed by atoms with van der Waals surface area (Å²) in [5.41, 5.74) is 5.65. The van der Waals surface area contributed by atoms with Crippen molar-refractivity contribution in [2.75, 3.05) is 30.7 Å². The van der Waals surface area contributed by atoms with Crippen molar-refractivity contribution in [3.05, 3.63) is 4.88 Å². The summed E-state index contributed by atoms with van der Waals surface area (Å²) in [6.45, 7) is 9.57. The summed E-state index contributed by atoms with van der Waals surface area (Å²) in [4.78, 5) is 16.8. The first-order valence-corrected chi connectivity index (χ1v) is 7.96. The van der Waals surface area contributed by atoms with E-state index in [1.807, 2.05) is 13.8 Å². The fourth-order valence-electron chi connectivity index (χ4n) is 1.65. The van der Waals surface area contributed by atoms with Crippen LogP contribution in [0.4, 0.5) is 10.9 Å². The summed E-state index contributed by atoms with van der Waals surface area (Å²) in [7, 11) is 0. The molecule has 7 heteroatoms. The van der Waals surface area contributed by atoms with Gasteiger partial charge in [-0.05, 0) is 17.8 Å². The first-order chi connectivity index (χ1) is 9.75. The molecular weight excluding hydrogens is 288 g/mol. The van der Waals surface area contributed by atoms with E-state index < -0.39 is 0 Å². The largest absolute Gasteiger partial charge is 0.396 e. The summed E-state index contributed by atoms with van der Waals surface area (Å²) in [5, 5.41) is 15.7. The van der Waals surface area contributed by atoms with Gasteiger partial charge < -0.3 is 21.5 Å². The van der Waals surface area contributed by atoms with Gasteiger partial charge in [0.15, 0.2) is 5.13 Å². The van der Waals surface area contributed by atoms with E-state index in [0.29, 0.717) is 28.9 Å². The molecule has 120 valence electrons. The van der Waals surface area contributed by atoms with Crippen LogP contribution < -0.4 is 16.4 Å². The maximum Gasteiger partial charge on any atom is 0.265 e. The van der Waals surface area contributed by atoms with E-state index in [2.05, 4.69) is 29.5 Å². The van der Waals surface area contributed by atoms with Crippen molar-refractivity contribution in [1.82, 2.24) is 10.3 Å². The maximum absolute atomic E-state index is 12.2. The van der Waals surface area contributed by atoms with Crippen molar-refractivity contribution in [1.29, 1.82) is 0 Å². The number of thiazole rings is 1. The van der Waals surface area contributed by atoms with Crippen LogP contribution in [0.5, 0.6) is 0 Å². The van der Waals surface area contributed by atoms with E-state index in [1.165, 1.54) is 11.3 Å². The zero-order valence-corrected chi connectivity index (χ0v) is 14.0. The van der Waals surface area contributed by atoms with Gasteiger partial charge in [-0.25, -0.2) is 4.98 Å². The van der Waals surface area contributed by atoms with E-state index in [4.69, 9.17) is 10.8 Å². The maximum atomic E-state index is 12.2. The molecule has 0 radical (unpaired) electrons. The van der Waals surface area contributed by atoms with Crippen LogP contribution in [0.15, 0.2) is 0 Å². The highest BCUT2D eigenvalue weighted by Crippen LogP contribution is 2.25. The molecule has 0 saturated heterocycles. The Kier molecular flexibility index (Phi) is 6.42. The van der Waals surface area contributed by atoms with E-state index in [0.717, 1.165) is 6.54 Å². The van der Waals surface area contributed by atoms with Gasteiger partial charge in [0.05, 0.1) is 0 Å². The molecule has 5 N–H and O–H groups in total. The number of anilines is 2. The van der Waals surface area contributed by atoms with Crippen LogP contribution >= 0.6 is 11.3 Å². The predicted molar refractivity (Wildman–Crippen MR) is 87.7 cm³/mol. The highest BCUT2D eigenvalue weighted by atomic mass is 32.1. The number of nitrogens with one attached hydrogen (secondary N) is 2. The Morgan fingerprint density at radius 2 is 2.14 bits per heavy atom. The number of aliphatic hydroxyl groups excluding tert-OH is 1. The molecule has 0 unspecified atom stereocenters. The number of amides is 1. The van der Waals surface area contributed by atoms with Gasteiger partial charge >= 0.3 is 0 Å². The molecule has 0 atom stereocenters. The first-order valence-electron chi connectivity index (χ1n) is 7.14. The SMILES string of the molecule is CC(C)CNc1nc(N)c(C(=O)NCC(C)(C)CCO)s1. The lowest BCUT2D eigenvalue weighted by molar-refractivity contribution is 0.0933. The number of hydrogen-bond acceptors (Lipinski definition) is 6. The average Bonchev–Trinajstić information content (AvgIpc) is 2.75. The van der Waals surface area contributed by atoms with Crippen LogP contribution in [-0.2, 0) is 0 Å². The third-order valence-electron chi connectivity index (χ3n) is 3.04. The number of nitrogens with zero attached hydrogens (tertiary/aromatic N) is 1. The minimum Gasteiger partial charge on any atom is -0.396 e. The molecule has 1 aromatic rings. The quantitative estimate of drug-likeness (QED) is 0.587. The smallest absolute Gasteiger partial charge is 0.265 e. The van der Waals surface area contributed by atoms with Crippen molar-refractivity contribution in [2.24, 2.45) is 11.3 Å². The fourth-order valence-corrected chi connectivity index (χ4v) is 2.46. The second-order valence-corrected chi connectivity index (χ2v) is 7.33. The summed E-state index contributed by atoms with van der Waals surface area (Å²) >= 11 is 1.26. The molecule has 0 bridgehead atoms. The predicted octanol–water partition coefficient (Wildman–Crippen LogP) is 1.93. The fraction of sp³-hybridized carbons (Fsp3) is 0.714. The van der Waals surface area contributed by atoms with E-state index in [1.54, 1.807) is 0 Å². The molecule has 0 aliphatic rings. The Hall–Kier alpha value is -1.34. The zero-order chi connectivity index (χ0) is 16.0. The second kappa shape index (κ2) is 7.61. The molecule has 1 rings (SSSR count). The molecule has 1 amide bonds. The van der Waals surface area contributed by atoms with Gasteiger partial charge in [0.25, 0.3) is 5.91 Å². The third kappa shape index (κ3) is 5.89. The number of nitrogen functional groups attached to an aromatic ring is 1. The zero-order valence-electron chi connectivity index (χ0n) is 13.2. The van der Waals surface area contributed by atoms with Crippen LogP contribution in [0.1, 0.15) is 43.8 Å². The second-order valence-electron chi connectivity index (χ2n) is 6.33. The number of carbonyl (C=O) groups is 1. The molecule has 0 spiro atoms. The Labute approximate surface area is 130 Å². The lowest BCUT2D eigenvalue weighted by atomic mass is 9.90. The van der Waals surface area contributed by atoms with Crippen LogP contribution in [-0.4, -0.2) is 35.7 Å². The Balaban J connectivity index is 2.62. The molecule has 6 nitrogen and oxygen atoms in total. The van der Waals surface area contributed by atoms with Crippen molar-refractivity contribution in [3.8, 4) is 0 Å². The number of nitrogens with two attached hydrogens (primary N) is 1. The van der Waals surface area contributed by atoms with Gasteiger partial charge in [-0.3, -0.25) is 4.79 Å². The van der Waals surface area contributed by atoms with E-state index in [9.17, 15) is 4.79 Å². The monoisotopic (exact) mass is 314 g/mol. The summed E-state index contributed by atoms with van der Waals surface area (Å²) in [5.74, 6) is 0.531. The minimum absolute atomic E-state index is 0.106. The van der Waals surface area contributed by atoms with Crippen LogP contribution in [0.2, 0.25) is 0 Å². The van der Waals surface area contributed by atoms with Crippen molar-refractivity contribution < 1.29 is 9.90 Å². The molecule has 0 aliphatic carbocycles. The molecule has 0 fully saturated rings. The van der Waals surface area contributed by atoms with Gasteiger partial charge in [-0.15, -0.1) is 0 Å². The molecular formula is C14H26N4O2S. The van der Waals surface area contributed by atoms with E-state index >= 15 is 0 Å². The highest BCUT2D eigenvalue weighted by Gasteiger charge is 2.21. The number of aliphatic hydroxyl groups is 1. The topological polar surface area (TPSA) is 100 Å². The average molecular weight is 314 g/mol. The first kappa shape index (κ1) is 17.7. The third-order valence-corrected chi connectivity index (χ3v) is 4.06. The molecule has 0 aliphatic heterocycles.